The lowest BCUT2D eigenvalue weighted by Gasteiger charge is -2.10. The Bertz CT molecular complexity index is 399. The standard InChI is InChI=1S/C12H12O5/c1-3-11(13)15-9(2)16-17-12(14)10-7-5-4-6-8-10/h3-9H,1H2,2H3. The lowest BCUT2D eigenvalue weighted by Crippen LogP contribution is -2.19. The van der Waals surface area contributed by atoms with Crippen molar-refractivity contribution in [2.45, 2.75) is 13.2 Å². The summed E-state index contributed by atoms with van der Waals surface area (Å²) in [6, 6.07) is 8.31. The van der Waals surface area contributed by atoms with Crippen LogP contribution in [-0.2, 0) is 19.3 Å². The predicted octanol–water partition coefficient (Wildman–Crippen LogP) is 1.85. The van der Waals surface area contributed by atoms with Crippen molar-refractivity contribution in [2.24, 2.45) is 0 Å². The first-order valence-electron chi connectivity index (χ1n) is 4.89. The highest BCUT2D eigenvalue weighted by Crippen LogP contribution is 2.03. The van der Waals surface area contributed by atoms with Crippen molar-refractivity contribution in [3.8, 4) is 0 Å². The number of carbonyl (C=O) groups excluding carboxylic acids is 2. The molecule has 0 N–H and O–H groups in total. The van der Waals surface area contributed by atoms with Gasteiger partial charge < -0.3 is 4.74 Å². The summed E-state index contributed by atoms with van der Waals surface area (Å²) in [5.41, 5.74) is 0.342. The first-order valence-corrected chi connectivity index (χ1v) is 4.89. The van der Waals surface area contributed by atoms with Crippen molar-refractivity contribution in [2.75, 3.05) is 0 Å². The van der Waals surface area contributed by atoms with E-state index in [-0.39, 0.29) is 0 Å². The SMILES string of the molecule is C=CC(=O)OC(C)OOC(=O)c1ccccc1. The van der Waals surface area contributed by atoms with Gasteiger partial charge in [-0.05, 0) is 12.1 Å². The Morgan fingerprint density at radius 1 is 1.29 bits per heavy atom. The van der Waals surface area contributed by atoms with E-state index in [1.165, 1.54) is 6.92 Å². The van der Waals surface area contributed by atoms with Crippen LogP contribution in [0.5, 0.6) is 0 Å². The van der Waals surface area contributed by atoms with E-state index in [0.29, 0.717) is 5.56 Å². The van der Waals surface area contributed by atoms with Crippen LogP contribution in [0.4, 0.5) is 0 Å². The van der Waals surface area contributed by atoms with Gasteiger partial charge in [0.25, 0.3) is 0 Å². The fraction of sp³-hybridized carbons (Fsp3) is 0.167. The molecule has 0 saturated heterocycles. The monoisotopic (exact) mass is 236 g/mol. The summed E-state index contributed by atoms with van der Waals surface area (Å²) in [6.07, 6.45) is -0.00745. The minimum atomic E-state index is -0.992. The van der Waals surface area contributed by atoms with Crippen LogP contribution < -0.4 is 0 Å². The molecule has 0 bridgehead atoms. The Hall–Kier alpha value is -2.14. The lowest BCUT2D eigenvalue weighted by atomic mass is 10.2. The maximum absolute atomic E-state index is 11.4. The van der Waals surface area contributed by atoms with E-state index in [0.717, 1.165) is 6.08 Å². The summed E-state index contributed by atoms with van der Waals surface area (Å²) in [5.74, 6) is -1.32. The molecule has 0 aliphatic carbocycles. The third-order valence-corrected chi connectivity index (χ3v) is 1.72. The van der Waals surface area contributed by atoms with Crippen LogP contribution in [0, 0.1) is 0 Å². The average Bonchev–Trinajstić information content (AvgIpc) is 2.36. The average molecular weight is 236 g/mol. The first-order chi connectivity index (χ1) is 8.13. The summed E-state index contributed by atoms with van der Waals surface area (Å²) in [4.78, 5) is 31.2. The van der Waals surface area contributed by atoms with Gasteiger partial charge in [0.1, 0.15) is 0 Å². The molecule has 0 spiro atoms. The summed E-state index contributed by atoms with van der Waals surface area (Å²) in [5, 5.41) is 0. The molecule has 0 fully saturated rings. The summed E-state index contributed by atoms with van der Waals surface area (Å²) in [7, 11) is 0. The molecule has 17 heavy (non-hydrogen) atoms. The largest absolute Gasteiger partial charge is 0.429 e. The summed E-state index contributed by atoms with van der Waals surface area (Å²) < 4.78 is 4.63. The van der Waals surface area contributed by atoms with Gasteiger partial charge in [-0.15, -0.1) is 4.89 Å². The van der Waals surface area contributed by atoms with Gasteiger partial charge in [0.2, 0.25) is 6.29 Å². The minimum absolute atomic E-state index is 0.342. The molecule has 0 amide bonds. The third kappa shape index (κ3) is 4.48. The topological polar surface area (TPSA) is 61.8 Å². The molecule has 0 heterocycles. The van der Waals surface area contributed by atoms with Crippen LogP contribution in [0.2, 0.25) is 0 Å². The lowest BCUT2D eigenvalue weighted by molar-refractivity contribution is -0.323. The maximum Gasteiger partial charge on any atom is 0.373 e. The van der Waals surface area contributed by atoms with E-state index in [1.54, 1.807) is 30.3 Å². The van der Waals surface area contributed by atoms with Crippen LogP contribution in [0.3, 0.4) is 0 Å². The van der Waals surface area contributed by atoms with E-state index >= 15 is 0 Å². The molecule has 0 radical (unpaired) electrons. The zero-order valence-electron chi connectivity index (χ0n) is 9.29. The minimum Gasteiger partial charge on any atom is -0.429 e. The van der Waals surface area contributed by atoms with E-state index in [4.69, 9.17) is 0 Å². The zero-order chi connectivity index (χ0) is 12.7. The van der Waals surface area contributed by atoms with Gasteiger partial charge in [-0.2, -0.15) is 0 Å². The normalized spacial score (nSPS) is 11.4. The molecule has 0 aromatic heterocycles. The van der Waals surface area contributed by atoms with E-state index in [9.17, 15) is 9.59 Å². The van der Waals surface area contributed by atoms with Gasteiger partial charge in [0, 0.05) is 13.0 Å². The third-order valence-electron chi connectivity index (χ3n) is 1.72. The fourth-order valence-electron chi connectivity index (χ4n) is 0.965. The van der Waals surface area contributed by atoms with Gasteiger partial charge in [-0.25, -0.2) is 9.59 Å². The number of hydrogen-bond donors (Lipinski definition) is 0. The van der Waals surface area contributed by atoms with Crippen molar-refractivity contribution in [3.05, 3.63) is 48.6 Å². The van der Waals surface area contributed by atoms with Crippen molar-refractivity contribution in [1.82, 2.24) is 0 Å². The molecule has 5 heteroatoms. The van der Waals surface area contributed by atoms with E-state index in [2.05, 4.69) is 21.1 Å². The molecular weight excluding hydrogens is 224 g/mol. The van der Waals surface area contributed by atoms with Gasteiger partial charge in [0.15, 0.2) is 0 Å². The summed E-state index contributed by atoms with van der Waals surface area (Å²) >= 11 is 0. The number of rotatable bonds is 5. The van der Waals surface area contributed by atoms with Gasteiger partial charge in [-0.1, -0.05) is 24.8 Å². The number of benzene rings is 1. The molecule has 1 rings (SSSR count). The smallest absolute Gasteiger partial charge is 0.373 e. The molecule has 90 valence electrons. The number of esters is 1. The number of ether oxygens (including phenoxy) is 1. The van der Waals surface area contributed by atoms with Gasteiger partial charge in [0.05, 0.1) is 5.56 Å². The predicted molar refractivity (Wildman–Crippen MR) is 58.7 cm³/mol. The van der Waals surface area contributed by atoms with Crippen molar-refractivity contribution < 1.29 is 24.1 Å². The zero-order valence-corrected chi connectivity index (χ0v) is 9.29. The van der Waals surface area contributed by atoms with Crippen molar-refractivity contribution >= 4 is 11.9 Å². The van der Waals surface area contributed by atoms with Crippen LogP contribution >= 0.6 is 0 Å². The van der Waals surface area contributed by atoms with Gasteiger partial charge in [-0.3, -0.25) is 4.89 Å². The molecule has 1 aromatic carbocycles. The Balaban J connectivity index is 2.38. The van der Waals surface area contributed by atoms with Crippen molar-refractivity contribution in [1.29, 1.82) is 0 Å². The van der Waals surface area contributed by atoms with E-state index < -0.39 is 18.2 Å². The maximum atomic E-state index is 11.4. The first kappa shape index (κ1) is 12.9. The molecule has 0 aliphatic rings. The quantitative estimate of drug-likeness (QED) is 0.257. The fourth-order valence-corrected chi connectivity index (χ4v) is 0.965. The molecule has 0 saturated carbocycles. The van der Waals surface area contributed by atoms with Crippen molar-refractivity contribution in [3.63, 3.8) is 0 Å². The Labute approximate surface area is 98.5 Å². The molecule has 5 nitrogen and oxygen atoms in total. The number of hydrogen-bond acceptors (Lipinski definition) is 5. The molecule has 0 aliphatic heterocycles. The van der Waals surface area contributed by atoms with Gasteiger partial charge >= 0.3 is 11.9 Å². The Kier molecular flexibility index (Phi) is 4.90. The second-order valence-electron chi connectivity index (χ2n) is 3.04. The van der Waals surface area contributed by atoms with E-state index in [1.807, 2.05) is 0 Å². The summed E-state index contributed by atoms with van der Waals surface area (Å²) in [6.45, 7) is 4.63. The highest BCUT2D eigenvalue weighted by Gasteiger charge is 2.12. The van der Waals surface area contributed by atoms with Crippen LogP contribution in [0.15, 0.2) is 43.0 Å². The van der Waals surface area contributed by atoms with Crippen LogP contribution in [0.1, 0.15) is 17.3 Å². The van der Waals surface area contributed by atoms with Crippen LogP contribution in [-0.4, -0.2) is 18.2 Å². The number of carbonyl (C=O) groups is 2. The Morgan fingerprint density at radius 2 is 1.94 bits per heavy atom. The Morgan fingerprint density at radius 3 is 2.53 bits per heavy atom. The molecule has 1 aromatic rings. The molecule has 1 atom stereocenters. The highest BCUT2D eigenvalue weighted by molar-refractivity contribution is 5.88. The second kappa shape index (κ2) is 6.44. The second-order valence-corrected chi connectivity index (χ2v) is 3.04. The molecular formula is C12H12O5. The van der Waals surface area contributed by atoms with Crippen LogP contribution in [0.25, 0.3) is 0 Å². The molecule has 1 unspecified atom stereocenters. The highest BCUT2D eigenvalue weighted by atomic mass is 17.2.